The largest absolute Gasteiger partial charge is 0.308 e. The monoisotopic (exact) mass is 256 g/mol. The Morgan fingerprint density at radius 2 is 2.00 bits per heavy atom. The van der Waals surface area contributed by atoms with Crippen molar-refractivity contribution in [1.29, 1.82) is 0 Å². The van der Waals surface area contributed by atoms with Crippen LogP contribution in [0.5, 0.6) is 0 Å². The summed E-state index contributed by atoms with van der Waals surface area (Å²) < 4.78 is 0. The number of hydrogen-bond acceptors (Lipinski definition) is 3. The van der Waals surface area contributed by atoms with Crippen molar-refractivity contribution >= 4 is 0 Å². The van der Waals surface area contributed by atoms with Gasteiger partial charge in [0.1, 0.15) is 11.4 Å². The van der Waals surface area contributed by atoms with Crippen LogP contribution in [0.1, 0.15) is 25.6 Å². The molecular formula is C15H20N4. The summed E-state index contributed by atoms with van der Waals surface area (Å²) in [6.07, 6.45) is 1.84. The Labute approximate surface area is 114 Å². The molecule has 1 heterocycles. The third kappa shape index (κ3) is 3.29. The fourth-order valence-corrected chi connectivity index (χ4v) is 1.82. The first kappa shape index (κ1) is 13.5. The zero-order valence-electron chi connectivity index (χ0n) is 11.5. The van der Waals surface area contributed by atoms with Crippen LogP contribution in [0, 0.1) is 0 Å². The zero-order chi connectivity index (χ0) is 13.7. The van der Waals surface area contributed by atoms with Gasteiger partial charge in [-0.3, -0.25) is 0 Å². The molecule has 0 amide bonds. The van der Waals surface area contributed by atoms with E-state index in [0.717, 1.165) is 23.5 Å². The van der Waals surface area contributed by atoms with Crippen molar-refractivity contribution in [2.24, 2.45) is 0 Å². The lowest BCUT2D eigenvalue weighted by Crippen LogP contribution is -2.14. The third-order valence-electron chi connectivity index (χ3n) is 2.79. The second-order valence-electron chi connectivity index (χ2n) is 4.70. The van der Waals surface area contributed by atoms with E-state index in [-0.39, 0.29) is 6.04 Å². The van der Waals surface area contributed by atoms with E-state index >= 15 is 0 Å². The summed E-state index contributed by atoms with van der Waals surface area (Å²) in [4.78, 5) is 1.77. The molecule has 0 atom stereocenters. The molecule has 0 saturated carbocycles. The molecule has 0 aliphatic heterocycles. The molecule has 19 heavy (non-hydrogen) atoms. The minimum Gasteiger partial charge on any atom is -0.308 e. The van der Waals surface area contributed by atoms with Gasteiger partial charge in [-0.05, 0) is 13.8 Å². The maximum atomic E-state index is 4.60. The Morgan fingerprint density at radius 1 is 1.26 bits per heavy atom. The third-order valence-corrected chi connectivity index (χ3v) is 2.79. The number of hydrogen-bond donors (Lipinski definition) is 1. The van der Waals surface area contributed by atoms with Crippen LogP contribution in [0.4, 0.5) is 0 Å². The summed E-state index contributed by atoms with van der Waals surface area (Å²) in [5.74, 6) is 0. The molecule has 1 aromatic heterocycles. The van der Waals surface area contributed by atoms with E-state index in [1.165, 1.54) is 0 Å². The molecule has 0 fully saturated rings. The van der Waals surface area contributed by atoms with Crippen LogP contribution >= 0.6 is 0 Å². The molecule has 0 saturated heterocycles. The van der Waals surface area contributed by atoms with Gasteiger partial charge < -0.3 is 5.32 Å². The highest BCUT2D eigenvalue weighted by atomic mass is 15.5. The summed E-state index contributed by atoms with van der Waals surface area (Å²) in [5, 5.41) is 12.4. The Hall–Kier alpha value is -1.94. The lowest BCUT2D eigenvalue weighted by molar-refractivity contribution is 0.462. The van der Waals surface area contributed by atoms with Crippen LogP contribution in [-0.2, 0) is 6.54 Å². The van der Waals surface area contributed by atoms with Gasteiger partial charge in [-0.15, -0.1) is 6.58 Å². The molecule has 4 heteroatoms. The van der Waals surface area contributed by atoms with Gasteiger partial charge in [0.25, 0.3) is 0 Å². The van der Waals surface area contributed by atoms with Gasteiger partial charge in [0.2, 0.25) is 0 Å². The SMILES string of the molecule is C=CCNCc1nn(C(C)C)nc1-c1ccccc1. The second-order valence-corrected chi connectivity index (χ2v) is 4.70. The molecule has 1 N–H and O–H groups in total. The molecule has 0 radical (unpaired) electrons. The second kappa shape index (κ2) is 6.29. The van der Waals surface area contributed by atoms with Gasteiger partial charge in [0, 0.05) is 18.7 Å². The van der Waals surface area contributed by atoms with Gasteiger partial charge in [-0.1, -0.05) is 36.4 Å². The number of benzene rings is 1. The quantitative estimate of drug-likeness (QED) is 0.638. The lowest BCUT2D eigenvalue weighted by atomic mass is 10.1. The highest BCUT2D eigenvalue weighted by molar-refractivity contribution is 5.60. The van der Waals surface area contributed by atoms with Gasteiger partial charge in [-0.25, -0.2) is 0 Å². The van der Waals surface area contributed by atoms with E-state index in [1.807, 2.05) is 24.3 Å². The van der Waals surface area contributed by atoms with E-state index in [9.17, 15) is 0 Å². The molecule has 0 spiro atoms. The number of aromatic nitrogens is 3. The molecule has 0 aliphatic carbocycles. The number of rotatable bonds is 6. The smallest absolute Gasteiger partial charge is 0.117 e. The average molecular weight is 256 g/mol. The van der Waals surface area contributed by atoms with Crippen LogP contribution in [0.3, 0.4) is 0 Å². The van der Waals surface area contributed by atoms with Crippen LogP contribution in [0.2, 0.25) is 0 Å². The fraction of sp³-hybridized carbons (Fsp3) is 0.333. The lowest BCUT2D eigenvalue weighted by Gasteiger charge is -2.01. The van der Waals surface area contributed by atoms with Crippen molar-refractivity contribution < 1.29 is 0 Å². The molecule has 2 aromatic rings. The van der Waals surface area contributed by atoms with Gasteiger partial charge >= 0.3 is 0 Å². The van der Waals surface area contributed by atoms with Crippen molar-refractivity contribution in [3.05, 3.63) is 48.7 Å². The average Bonchev–Trinajstić information content (AvgIpc) is 2.84. The van der Waals surface area contributed by atoms with Crippen LogP contribution in [0.25, 0.3) is 11.3 Å². The van der Waals surface area contributed by atoms with E-state index in [2.05, 4.69) is 48.1 Å². The van der Waals surface area contributed by atoms with E-state index in [4.69, 9.17) is 0 Å². The number of nitrogens with zero attached hydrogens (tertiary/aromatic N) is 3. The zero-order valence-corrected chi connectivity index (χ0v) is 11.5. The van der Waals surface area contributed by atoms with Crippen molar-refractivity contribution in [3.63, 3.8) is 0 Å². The Morgan fingerprint density at radius 3 is 2.63 bits per heavy atom. The Kier molecular flexibility index (Phi) is 4.47. The summed E-state index contributed by atoms with van der Waals surface area (Å²) in [7, 11) is 0. The maximum absolute atomic E-state index is 4.60. The highest BCUT2D eigenvalue weighted by Gasteiger charge is 2.13. The summed E-state index contributed by atoms with van der Waals surface area (Å²) in [6.45, 7) is 9.32. The molecule has 2 rings (SSSR count). The van der Waals surface area contributed by atoms with Crippen LogP contribution in [0.15, 0.2) is 43.0 Å². The van der Waals surface area contributed by atoms with Crippen molar-refractivity contribution in [2.75, 3.05) is 6.54 Å². The Balaban J connectivity index is 2.31. The molecular weight excluding hydrogens is 236 g/mol. The van der Waals surface area contributed by atoms with E-state index < -0.39 is 0 Å². The first-order valence-corrected chi connectivity index (χ1v) is 6.55. The minimum atomic E-state index is 0.260. The van der Waals surface area contributed by atoms with Crippen LogP contribution in [-0.4, -0.2) is 21.5 Å². The van der Waals surface area contributed by atoms with E-state index in [0.29, 0.717) is 6.54 Å². The van der Waals surface area contributed by atoms with E-state index in [1.54, 1.807) is 4.80 Å². The van der Waals surface area contributed by atoms with Crippen LogP contribution < -0.4 is 5.32 Å². The fourth-order valence-electron chi connectivity index (χ4n) is 1.82. The van der Waals surface area contributed by atoms with Gasteiger partial charge in [-0.2, -0.15) is 15.0 Å². The molecule has 100 valence electrons. The first-order valence-electron chi connectivity index (χ1n) is 6.55. The van der Waals surface area contributed by atoms with Crippen molar-refractivity contribution in [1.82, 2.24) is 20.3 Å². The normalized spacial score (nSPS) is 10.9. The topological polar surface area (TPSA) is 42.7 Å². The first-order chi connectivity index (χ1) is 9.22. The van der Waals surface area contributed by atoms with Crippen molar-refractivity contribution in [3.8, 4) is 11.3 Å². The summed E-state index contributed by atoms with van der Waals surface area (Å²) in [5.41, 5.74) is 3.03. The predicted molar refractivity (Wildman–Crippen MR) is 77.7 cm³/mol. The van der Waals surface area contributed by atoms with Crippen molar-refractivity contribution in [2.45, 2.75) is 26.4 Å². The maximum Gasteiger partial charge on any atom is 0.117 e. The Bertz CT molecular complexity index is 528. The molecule has 0 aliphatic rings. The van der Waals surface area contributed by atoms with Gasteiger partial charge in [0.05, 0.1) is 6.04 Å². The standard InChI is InChI=1S/C15H20N4/c1-4-10-16-11-14-15(13-8-6-5-7-9-13)18-19(17-14)12(2)3/h4-9,12,16H,1,10-11H2,2-3H3. The minimum absolute atomic E-state index is 0.260. The molecule has 4 nitrogen and oxygen atoms in total. The number of nitrogens with one attached hydrogen (secondary N) is 1. The highest BCUT2D eigenvalue weighted by Crippen LogP contribution is 2.20. The molecule has 0 bridgehead atoms. The van der Waals surface area contributed by atoms with Gasteiger partial charge in [0.15, 0.2) is 0 Å². The predicted octanol–water partition coefficient (Wildman–Crippen LogP) is 2.80. The summed E-state index contributed by atoms with van der Waals surface area (Å²) >= 11 is 0. The molecule has 1 aromatic carbocycles. The summed E-state index contributed by atoms with van der Waals surface area (Å²) in [6, 6.07) is 10.4. The molecule has 0 unspecified atom stereocenters.